The summed E-state index contributed by atoms with van der Waals surface area (Å²) in [5, 5.41) is 5.11. The van der Waals surface area contributed by atoms with Gasteiger partial charge in [0.1, 0.15) is 0 Å². The molecule has 3 aromatic rings. The van der Waals surface area contributed by atoms with Crippen molar-refractivity contribution in [2.24, 2.45) is 0 Å². The van der Waals surface area contributed by atoms with Crippen LogP contribution in [-0.2, 0) is 6.54 Å². The number of aromatic amines is 1. The zero-order valence-corrected chi connectivity index (χ0v) is 20.8. The summed E-state index contributed by atoms with van der Waals surface area (Å²) < 4.78 is 0. The Morgan fingerprint density at radius 1 is 0.969 bits per heavy atom. The minimum Gasteiger partial charge on any atom is -0.344 e. The number of nitrogens with zero attached hydrogens (tertiary/aromatic N) is 2. The first-order valence-corrected chi connectivity index (χ1v) is 11.5. The fourth-order valence-electron chi connectivity index (χ4n) is 4.02. The Morgan fingerprint density at radius 3 is 2.38 bits per heavy atom. The van der Waals surface area contributed by atoms with E-state index in [1.54, 1.807) is 0 Å². The fourth-order valence-corrected chi connectivity index (χ4v) is 4.28. The van der Waals surface area contributed by atoms with Crippen LogP contribution in [0.2, 0.25) is 0 Å². The van der Waals surface area contributed by atoms with Gasteiger partial charge in [0.25, 0.3) is 5.56 Å². The maximum absolute atomic E-state index is 12.9. The molecule has 1 aromatic heterocycles. The van der Waals surface area contributed by atoms with E-state index in [4.69, 9.17) is 12.2 Å². The van der Waals surface area contributed by atoms with E-state index in [1.165, 1.54) is 5.56 Å². The molecule has 32 heavy (non-hydrogen) atoms. The maximum Gasteiger partial charge on any atom is 0.253 e. The number of thiocarbonyl (C=S) groups is 1. The van der Waals surface area contributed by atoms with Crippen LogP contribution in [0.1, 0.15) is 34.2 Å². The number of aromatic nitrogens is 1. The van der Waals surface area contributed by atoms with Crippen molar-refractivity contribution in [3.05, 3.63) is 74.6 Å². The van der Waals surface area contributed by atoms with Crippen molar-refractivity contribution < 1.29 is 0 Å². The highest BCUT2D eigenvalue weighted by molar-refractivity contribution is 7.80. The summed E-state index contributed by atoms with van der Waals surface area (Å²) in [6.45, 7) is 10.5. The maximum atomic E-state index is 12.9. The number of pyridine rings is 1. The second-order valence-corrected chi connectivity index (χ2v) is 9.38. The molecule has 0 amide bonds. The molecule has 0 fully saturated rings. The Balaban J connectivity index is 1.89. The van der Waals surface area contributed by atoms with Crippen LogP contribution in [0.5, 0.6) is 0 Å². The van der Waals surface area contributed by atoms with E-state index in [1.807, 2.05) is 19.1 Å². The van der Waals surface area contributed by atoms with Crippen molar-refractivity contribution in [1.82, 2.24) is 14.8 Å². The molecule has 0 aliphatic rings. The van der Waals surface area contributed by atoms with Crippen molar-refractivity contribution in [3.63, 3.8) is 0 Å². The molecule has 2 aromatic carbocycles. The molecule has 1 heterocycles. The van der Waals surface area contributed by atoms with Gasteiger partial charge in [-0.05, 0) is 102 Å². The monoisotopic (exact) mass is 450 g/mol. The normalized spacial score (nSPS) is 11.2. The van der Waals surface area contributed by atoms with Gasteiger partial charge in [-0.3, -0.25) is 4.79 Å². The highest BCUT2D eigenvalue weighted by Crippen LogP contribution is 2.20. The molecule has 0 saturated heterocycles. The van der Waals surface area contributed by atoms with E-state index in [0.29, 0.717) is 11.7 Å². The van der Waals surface area contributed by atoms with Crippen molar-refractivity contribution in [3.8, 4) is 0 Å². The number of aryl methyl sites for hydroxylation is 4. The van der Waals surface area contributed by atoms with Crippen LogP contribution in [0.15, 0.2) is 41.2 Å². The van der Waals surface area contributed by atoms with E-state index in [9.17, 15) is 4.79 Å². The standard InChI is InChI=1S/C26H34N4OS/c1-17-8-9-23(20(4)12-17)28-26(32)30(11-7-10-29(5)6)16-21-15-22-19(3)13-18(2)14-24(22)27-25(21)31/h8-9,12-15H,7,10-11,16H2,1-6H3,(H,27,31)(H,28,32). The third-order valence-corrected chi connectivity index (χ3v) is 6.06. The zero-order chi connectivity index (χ0) is 23.4. The SMILES string of the molecule is Cc1ccc(NC(=S)N(CCCN(C)C)Cc2cc3c(C)cc(C)cc3[nH]c2=O)c(C)c1. The summed E-state index contributed by atoms with van der Waals surface area (Å²) >= 11 is 5.80. The van der Waals surface area contributed by atoms with Gasteiger partial charge < -0.3 is 20.1 Å². The molecule has 0 atom stereocenters. The van der Waals surface area contributed by atoms with Gasteiger partial charge in [-0.1, -0.05) is 23.8 Å². The first kappa shape index (κ1) is 24.0. The Hall–Kier alpha value is -2.70. The summed E-state index contributed by atoms with van der Waals surface area (Å²) in [6, 6.07) is 12.5. The Bertz CT molecular complexity index is 1180. The highest BCUT2D eigenvalue weighted by Gasteiger charge is 2.15. The lowest BCUT2D eigenvalue weighted by molar-refractivity contribution is 0.346. The van der Waals surface area contributed by atoms with Crippen LogP contribution in [0.25, 0.3) is 10.9 Å². The number of rotatable bonds is 7. The number of H-pyrrole nitrogens is 1. The highest BCUT2D eigenvalue weighted by atomic mass is 32.1. The Labute approximate surface area is 196 Å². The fraction of sp³-hybridized carbons (Fsp3) is 0.385. The predicted octanol–water partition coefficient (Wildman–Crippen LogP) is 4.91. The van der Waals surface area contributed by atoms with Gasteiger partial charge >= 0.3 is 0 Å². The number of nitrogens with one attached hydrogen (secondary N) is 2. The van der Waals surface area contributed by atoms with Crippen molar-refractivity contribution >= 4 is 33.9 Å². The van der Waals surface area contributed by atoms with Crippen LogP contribution >= 0.6 is 12.2 Å². The molecule has 0 bridgehead atoms. The molecule has 0 unspecified atom stereocenters. The van der Waals surface area contributed by atoms with Gasteiger partial charge in [0.2, 0.25) is 0 Å². The average Bonchev–Trinajstić information content (AvgIpc) is 2.69. The number of benzene rings is 2. The predicted molar refractivity (Wildman–Crippen MR) is 140 cm³/mol. The molecular weight excluding hydrogens is 416 g/mol. The van der Waals surface area contributed by atoms with Crippen molar-refractivity contribution in [2.45, 2.75) is 40.7 Å². The number of hydrogen-bond donors (Lipinski definition) is 2. The number of hydrogen-bond acceptors (Lipinski definition) is 3. The van der Waals surface area contributed by atoms with E-state index in [2.05, 4.69) is 79.2 Å². The molecule has 0 aliphatic carbocycles. The van der Waals surface area contributed by atoms with Crippen LogP contribution in [0.4, 0.5) is 5.69 Å². The first-order chi connectivity index (χ1) is 15.1. The molecule has 6 heteroatoms. The third kappa shape index (κ3) is 5.96. The smallest absolute Gasteiger partial charge is 0.253 e. The minimum atomic E-state index is -0.0607. The van der Waals surface area contributed by atoms with E-state index >= 15 is 0 Å². The summed E-state index contributed by atoms with van der Waals surface area (Å²) in [4.78, 5) is 20.2. The molecule has 0 radical (unpaired) electrons. The van der Waals surface area contributed by atoms with Crippen LogP contribution in [0.3, 0.4) is 0 Å². The zero-order valence-electron chi connectivity index (χ0n) is 20.0. The summed E-state index contributed by atoms with van der Waals surface area (Å²) in [5.74, 6) is 0. The van der Waals surface area contributed by atoms with Gasteiger partial charge in [0, 0.05) is 28.7 Å². The van der Waals surface area contributed by atoms with Crippen LogP contribution in [-0.4, -0.2) is 47.1 Å². The Morgan fingerprint density at radius 2 is 1.69 bits per heavy atom. The van der Waals surface area contributed by atoms with Gasteiger partial charge in [0.15, 0.2) is 5.11 Å². The molecule has 3 rings (SSSR count). The molecule has 170 valence electrons. The lowest BCUT2D eigenvalue weighted by Crippen LogP contribution is -2.37. The largest absolute Gasteiger partial charge is 0.344 e. The summed E-state index contributed by atoms with van der Waals surface area (Å²) in [5.41, 5.74) is 7.21. The molecule has 0 spiro atoms. The number of fused-ring (bicyclic) bond motifs is 1. The van der Waals surface area contributed by atoms with Gasteiger partial charge in [-0.25, -0.2) is 0 Å². The Kier molecular flexibility index (Phi) is 7.69. The number of anilines is 1. The van der Waals surface area contributed by atoms with Crippen molar-refractivity contribution in [1.29, 1.82) is 0 Å². The average molecular weight is 451 g/mol. The summed E-state index contributed by atoms with van der Waals surface area (Å²) in [6.07, 6.45) is 0.950. The minimum absolute atomic E-state index is 0.0607. The van der Waals surface area contributed by atoms with E-state index in [-0.39, 0.29) is 5.56 Å². The van der Waals surface area contributed by atoms with Crippen molar-refractivity contribution in [2.75, 3.05) is 32.5 Å². The topological polar surface area (TPSA) is 51.4 Å². The molecule has 5 nitrogen and oxygen atoms in total. The van der Waals surface area contributed by atoms with Gasteiger partial charge in [0.05, 0.1) is 6.54 Å². The van der Waals surface area contributed by atoms with Crippen LogP contribution in [0, 0.1) is 27.7 Å². The lowest BCUT2D eigenvalue weighted by atomic mass is 10.0. The van der Waals surface area contributed by atoms with Gasteiger partial charge in [-0.15, -0.1) is 0 Å². The quantitative estimate of drug-likeness (QED) is 0.501. The molecule has 0 aliphatic heterocycles. The van der Waals surface area contributed by atoms with E-state index in [0.717, 1.165) is 58.4 Å². The van der Waals surface area contributed by atoms with Gasteiger partial charge in [-0.2, -0.15) is 0 Å². The van der Waals surface area contributed by atoms with Crippen LogP contribution < -0.4 is 10.9 Å². The molecule has 2 N–H and O–H groups in total. The molecular formula is C26H34N4OS. The third-order valence-electron chi connectivity index (χ3n) is 5.69. The second-order valence-electron chi connectivity index (χ2n) is 8.99. The first-order valence-electron chi connectivity index (χ1n) is 11.0. The summed E-state index contributed by atoms with van der Waals surface area (Å²) in [7, 11) is 4.13. The molecule has 0 saturated carbocycles. The second kappa shape index (κ2) is 10.3. The lowest BCUT2D eigenvalue weighted by Gasteiger charge is -2.27. The van der Waals surface area contributed by atoms with E-state index < -0.39 is 0 Å².